The van der Waals surface area contributed by atoms with Gasteiger partial charge in [-0.2, -0.15) is 13.1 Å². The van der Waals surface area contributed by atoms with Crippen LogP contribution in [-0.4, -0.2) is 33.3 Å². The number of hydrogen-bond donors (Lipinski definition) is 3. The zero-order valence-electron chi connectivity index (χ0n) is 11.4. The van der Waals surface area contributed by atoms with Crippen molar-refractivity contribution in [1.29, 1.82) is 0 Å². The van der Waals surface area contributed by atoms with E-state index < -0.39 is 16.3 Å². The first-order chi connectivity index (χ1) is 9.96. The Balaban J connectivity index is 2.57. The van der Waals surface area contributed by atoms with Crippen LogP contribution in [0.3, 0.4) is 0 Å². The van der Waals surface area contributed by atoms with E-state index in [1.165, 1.54) is 0 Å². The largest absolute Gasteiger partial charge is 0.452 e. The molecule has 114 valence electrons. The van der Waals surface area contributed by atoms with Gasteiger partial charge in [-0.1, -0.05) is 24.0 Å². The number of ether oxygens (including phenoxy) is 1. The van der Waals surface area contributed by atoms with E-state index in [0.717, 1.165) is 12.7 Å². The van der Waals surface area contributed by atoms with Crippen LogP contribution in [-0.2, 0) is 21.5 Å². The minimum atomic E-state index is -3.95. The van der Waals surface area contributed by atoms with E-state index in [0.29, 0.717) is 12.0 Å². The lowest BCUT2D eigenvalue weighted by Crippen LogP contribution is -2.39. The molecular formula is C13H16N2O5S. The SMILES string of the molecule is COC(=O)NS(=O)(=O)NCc1ccc(C#CCCO)cc1. The number of hydrogen-bond acceptors (Lipinski definition) is 5. The summed E-state index contributed by atoms with van der Waals surface area (Å²) in [5.74, 6) is 5.64. The monoisotopic (exact) mass is 312 g/mol. The first-order valence-corrected chi connectivity index (χ1v) is 7.49. The van der Waals surface area contributed by atoms with Crippen molar-refractivity contribution in [2.24, 2.45) is 0 Å². The first-order valence-electron chi connectivity index (χ1n) is 6.01. The Hall–Kier alpha value is -2.08. The molecule has 0 fully saturated rings. The number of aliphatic hydroxyl groups is 1. The highest BCUT2D eigenvalue weighted by Gasteiger charge is 2.13. The Kier molecular flexibility index (Phi) is 6.68. The van der Waals surface area contributed by atoms with E-state index in [1.54, 1.807) is 29.0 Å². The average Bonchev–Trinajstić information content (AvgIpc) is 2.46. The fourth-order valence-electron chi connectivity index (χ4n) is 1.29. The second kappa shape index (κ2) is 8.26. The van der Waals surface area contributed by atoms with Crippen molar-refractivity contribution in [2.75, 3.05) is 13.7 Å². The minimum absolute atomic E-state index is 0.0139. The highest BCUT2D eigenvalue weighted by molar-refractivity contribution is 7.88. The van der Waals surface area contributed by atoms with Gasteiger partial charge in [-0.3, -0.25) is 0 Å². The molecule has 0 saturated carbocycles. The van der Waals surface area contributed by atoms with Gasteiger partial charge in [-0.05, 0) is 17.7 Å². The Morgan fingerprint density at radius 3 is 2.57 bits per heavy atom. The third kappa shape index (κ3) is 6.76. The van der Waals surface area contributed by atoms with E-state index in [2.05, 4.69) is 21.3 Å². The lowest BCUT2D eigenvalue weighted by Gasteiger charge is -2.07. The van der Waals surface area contributed by atoms with Crippen LogP contribution in [0.15, 0.2) is 24.3 Å². The molecule has 0 radical (unpaired) electrons. The van der Waals surface area contributed by atoms with Crippen LogP contribution in [0.1, 0.15) is 17.5 Å². The molecule has 1 amide bonds. The van der Waals surface area contributed by atoms with Crippen LogP contribution in [0.25, 0.3) is 0 Å². The number of methoxy groups -OCH3 is 1. The fourth-order valence-corrected chi connectivity index (χ4v) is 2.02. The molecule has 0 saturated heterocycles. The molecule has 1 rings (SSSR count). The smallest absolute Gasteiger partial charge is 0.421 e. The summed E-state index contributed by atoms with van der Waals surface area (Å²) in [4.78, 5) is 10.8. The van der Waals surface area contributed by atoms with Gasteiger partial charge < -0.3 is 9.84 Å². The van der Waals surface area contributed by atoms with Crippen LogP contribution >= 0.6 is 0 Å². The molecule has 1 aromatic carbocycles. The van der Waals surface area contributed by atoms with Crippen molar-refractivity contribution in [3.05, 3.63) is 35.4 Å². The van der Waals surface area contributed by atoms with Gasteiger partial charge in [0.1, 0.15) is 0 Å². The molecule has 0 spiro atoms. The molecule has 7 nitrogen and oxygen atoms in total. The number of benzene rings is 1. The van der Waals surface area contributed by atoms with Crippen LogP contribution in [0.4, 0.5) is 4.79 Å². The molecule has 0 atom stereocenters. The Morgan fingerprint density at radius 2 is 2.00 bits per heavy atom. The van der Waals surface area contributed by atoms with Gasteiger partial charge in [0.2, 0.25) is 0 Å². The number of carbonyl (C=O) groups is 1. The van der Waals surface area contributed by atoms with Gasteiger partial charge in [0.05, 0.1) is 13.7 Å². The normalized spacial score (nSPS) is 10.4. The van der Waals surface area contributed by atoms with Gasteiger partial charge in [0.15, 0.2) is 0 Å². The molecule has 0 unspecified atom stereocenters. The maximum Gasteiger partial charge on any atom is 0.421 e. The Labute approximate surface area is 123 Å². The summed E-state index contributed by atoms with van der Waals surface area (Å²) in [6, 6.07) is 6.90. The molecule has 21 heavy (non-hydrogen) atoms. The molecule has 8 heteroatoms. The van der Waals surface area contributed by atoms with Crippen LogP contribution in [0, 0.1) is 11.8 Å². The molecule has 0 aliphatic rings. The maximum atomic E-state index is 11.4. The topological polar surface area (TPSA) is 105 Å². The van der Waals surface area contributed by atoms with E-state index in [1.807, 2.05) is 0 Å². The van der Waals surface area contributed by atoms with E-state index in [-0.39, 0.29) is 13.2 Å². The van der Waals surface area contributed by atoms with E-state index in [4.69, 9.17) is 5.11 Å². The van der Waals surface area contributed by atoms with E-state index >= 15 is 0 Å². The fraction of sp³-hybridized carbons (Fsp3) is 0.308. The Bertz CT molecular complexity index is 629. The third-order valence-electron chi connectivity index (χ3n) is 2.29. The quantitative estimate of drug-likeness (QED) is 0.669. The lowest BCUT2D eigenvalue weighted by molar-refractivity contribution is 0.177. The molecule has 0 aromatic heterocycles. The summed E-state index contributed by atoms with van der Waals surface area (Å²) in [6.07, 6.45) is -0.655. The van der Waals surface area contributed by atoms with Gasteiger partial charge in [-0.15, -0.1) is 0 Å². The van der Waals surface area contributed by atoms with Crippen molar-refractivity contribution < 1.29 is 23.1 Å². The van der Waals surface area contributed by atoms with Gasteiger partial charge in [0.25, 0.3) is 0 Å². The zero-order chi connectivity index (χ0) is 15.7. The molecule has 0 aliphatic carbocycles. The summed E-state index contributed by atoms with van der Waals surface area (Å²) < 4.78 is 31.0. The molecule has 1 aromatic rings. The highest BCUT2D eigenvalue weighted by Crippen LogP contribution is 2.03. The van der Waals surface area contributed by atoms with Crippen LogP contribution in [0.5, 0.6) is 0 Å². The number of carbonyl (C=O) groups excluding carboxylic acids is 1. The summed E-state index contributed by atoms with van der Waals surface area (Å²) >= 11 is 0. The van der Waals surface area contributed by atoms with Gasteiger partial charge >= 0.3 is 16.3 Å². The van der Waals surface area contributed by atoms with Crippen molar-refractivity contribution in [3.8, 4) is 11.8 Å². The predicted octanol–water partition coefficient (Wildman–Crippen LogP) is 0.111. The second-order valence-corrected chi connectivity index (χ2v) is 5.39. The molecule has 0 heterocycles. The standard InChI is InChI=1S/C13H16N2O5S/c1-20-13(17)15-21(18,19)14-10-12-7-5-11(6-8-12)4-2-3-9-16/h5-8,14,16H,3,9-10H2,1H3,(H,15,17). The minimum Gasteiger partial charge on any atom is -0.452 e. The number of rotatable bonds is 5. The van der Waals surface area contributed by atoms with E-state index in [9.17, 15) is 13.2 Å². The number of amides is 1. The summed E-state index contributed by atoms with van der Waals surface area (Å²) in [6.45, 7) is 0.0384. The van der Waals surface area contributed by atoms with Crippen molar-refractivity contribution >= 4 is 16.3 Å². The first kappa shape index (κ1) is 17.0. The molecule has 0 aliphatic heterocycles. The molecule has 3 N–H and O–H groups in total. The molecule has 0 bridgehead atoms. The van der Waals surface area contributed by atoms with Crippen molar-refractivity contribution in [2.45, 2.75) is 13.0 Å². The van der Waals surface area contributed by atoms with Gasteiger partial charge in [-0.25, -0.2) is 9.52 Å². The summed E-state index contributed by atoms with van der Waals surface area (Å²) in [5, 5.41) is 8.61. The van der Waals surface area contributed by atoms with Gasteiger partial charge in [0, 0.05) is 18.5 Å². The predicted molar refractivity (Wildman–Crippen MR) is 76.3 cm³/mol. The summed E-state index contributed by atoms with van der Waals surface area (Å²) in [5.41, 5.74) is 1.47. The van der Waals surface area contributed by atoms with Crippen LogP contribution < -0.4 is 9.44 Å². The highest BCUT2D eigenvalue weighted by atomic mass is 32.2. The van der Waals surface area contributed by atoms with Crippen LogP contribution in [0.2, 0.25) is 0 Å². The summed E-state index contributed by atoms with van der Waals surface area (Å²) in [7, 11) is -2.88. The third-order valence-corrected chi connectivity index (χ3v) is 3.25. The second-order valence-electron chi connectivity index (χ2n) is 3.89. The zero-order valence-corrected chi connectivity index (χ0v) is 12.2. The Morgan fingerprint density at radius 1 is 1.33 bits per heavy atom. The maximum absolute atomic E-state index is 11.4. The number of aliphatic hydroxyl groups excluding tert-OH is 1. The van der Waals surface area contributed by atoms with Crippen molar-refractivity contribution in [1.82, 2.24) is 9.44 Å². The van der Waals surface area contributed by atoms with Crippen molar-refractivity contribution in [3.63, 3.8) is 0 Å². The molecular weight excluding hydrogens is 296 g/mol. The number of nitrogens with one attached hydrogen (secondary N) is 2. The average molecular weight is 312 g/mol. The lowest BCUT2D eigenvalue weighted by atomic mass is 10.1.